The van der Waals surface area contributed by atoms with Gasteiger partial charge < -0.3 is 5.32 Å². The topological polar surface area (TPSA) is 72.7 Å². The van der Waals surface area contributed by atoms with E-state index in [1.807, 2.05) is 49.6 Å². The Morgan fingerprint density at radius 3 is 2.65 bits per heavy atom. The number of fused-ring (bicyclic) bond motifs is 1. The number of halogens is 1. The molecule has 158 valence electrons. The van der Waals surface area contributed by atoms with E-state index in [1.165, 1.54) is 11.8 Å². The number of aryl methyl sites for hydroxylation is 4. The molecule has 0 spiro atoms. The number of hydrogen-bond acceptors (Lipinski definition) is 5. The Bertz CT molecular complexity index is 1300. The first-order valence-corrected chi connectivity index (χ1v) is 11.2. The Labute approximate surface area is 190 Å². The number of rotatable bonds is 5. The number of nitrogens with one attached hydrogen (secondary N) is 1. The van der Waals surface area contributed by atoms with Crippen LogP contribution in [0.4, 0.5) is 5.69 Å². The maximum absolute atomic E-state index is 12.5. The molecule has 0 aliphatic rings. The van der Waals surface area contributed by atoms with Crippen molar-refractivity contribution in [1.29, 1.82) is 0 Å². The van der Waals surface area contributed by atoms with E-state index in [4.69, 9.17) is 16.6 Å². The minimum Gasteiger partial charge on any atom is -0.324 e. The molecule has 0 aliphatic carbocycles. The quantitative estimate of drug-likeness (QED) is 0.409. The fraction of sp³-hybridized carbons (Fsp3) is 0.217. The third-order valence-corrected chi connectivity index (χ3v) is 6.20. The molecule has 0 radical (unpaired) electrons. The molecule has 1 N–H and O–H groups in total. The van der Waals surface area contributed by atoms with Crippen molar-refractivity contribution in [2.75, 3.05) is 11.1 Å². The highest BCUT2D eigenvalue weighted by Crippen LogP contribution is 2.29. The van der Waals surface area contributed by atoms with Crippen LogP contribution < -0.4 is 5.32 Å². The fourth-order valence-corrected chi connectivity index (χ4v) is 4.45. The smallest absolute Gasteiger partial charge is 0.234 e. The van der Waals surface area contributed by atoms with Gasteiger partial charge in [0.05, 0.1) is 27.7 Å². The second-order valence-corrected chi connectivity index (χ2v) is 8.79. The third kappa shape index (κ3) is 4.43. The van der Waals surface area contributed by atoms with Gasteiger partial charge in [0, 0.05) is 11.1 Å². The molecule has 2 heterocycles. The summed E-state index contributed by atoms with van der Waals surface area (Å²) in [5.74, 6) is 0.752. The van der Waals surface area contributed by atoms with Crippen LogP contribution in [0.2, 0.25) is 5.02 Å². The predicted octanol–water partition coefficient (Wildman–Crippen LogP) is 5.43. The number of amides is 1. The van der Waals surface area contributed by atoms with Crippen molar-refractivity contribution in [3.05, 3.63) is 70.1 Å². The minimum absolute atomic E-state index is 0.161. The maximum Gasteiger partial charge on any atom is 0.234 e. The van der Waals surface area contributed by atoms with Gasteiger partial charge in [0.2, 0.25) is 5.91 Å². The Balaban J connectivity index is 1.61. The van der Waals surface area contributed by atoms with Crippen LogP contribution in [0.3, 0.4) is 0 Å². The summed E-state index contributed by atoms with van der Waals surface area (Å²) < 4.78 is 1.95. The van der Waals surface area contributed by atoms with Crippen molar-refractivity contribution in [2.45, 2.75) is 32.9 Å². The first kappa shape index (κ1) is 21.3. The number of carbonyl (C=O) groups is 1. The molecule has 0 atom stereocenters. The van der Waals surface area contributed by atoms with Gasteiger partial charge in [0.15, 0.2) is 5.16 Å². The number of benzene rings is 2. The lowest BCUT2D eigenvalue weighted by Crippen LogP contribution is -2.15. The van der Waals surface area contributed by atoms with Gasteiger partial charge in [-0.25, -0.2) is 0 Å². The van der Waals surface area contributed by atoms with Gasteiger partial charge in [-0.3, -0.25) is 14.3 Å². The molecule has 0 saturated heterocycles. The van der Waals surface area contributed by atoms with E-state index in [0.717, 1.165) is 39.2 Å². The van der Waals surface area contributed by atoms with E-state index in [9.17, 15) is 4.79 Å². The number of hydrogen-bond donors (Lipinski definition) is 1. The molecule has 2 aromatic carbocycles. The van der Waals surface area contributed by atoms with Gasteiger partial charge in [0.1, 0.15) is 5.82 Å². The van der Waals surface area contributed by atoms with Crippen molar-refractivity contribution in [3.63, 3.8) is 0 Å². The van der Waals surface area contributed by atoms with Crippen molar-refractivity contribution >= 4 is 45.9 Å². The molecule has 0 unspecified atom stereocenters. The highest BCUT2D eigenvalue weighted by molar-refractivity contribution is 7.99. The summed E-state index contributed by atoms with van der Waals surface area (Å²) in [6.45, 7) is 7.89. The molecule has 8 heteroatoms. The van der Waals surface area contributed by atoms with Gasteiger partial charge in [-0.15, -0.1) is 10.2 Å². The Kier molecular flexibility index (Phi) is 5.98. The third-order valence-electron chi connectivity index (χ3n) is 4.96. The molecule has 31 heavy (non-hydrogen) atoms. The number of nitrogens with zero attached hydrogens (tertiary/aromatic N) is 4. The Hall–Kier alpha value is -2.90. The largest absolute Gasteiger partial charge is 0.324 e. The normalized spacial score (nSPS) is 11.1. The average Bonchev–Trinajstić information content (AvgIpc) is 3.09. The number of thioether (sulfide) groups is 1. The molecule has 0 aliphatic heterocycles. The van der Waals surface area contributed by atoms with Crippen LogP contribution in [-0.4, -0.2) is 31.4 Å². The van der Waals surface area contributed by atoms with Gasteiger partial charge in [-0.05, 0) is 63.1 Å². The lowest BCUT2D eigenvalue weighted by Gasteiger charge is -2.13. The Morgan fingerprint density at radius 2 is 1.87 bits per heavy atom. The average molecular weight is 452 g/mol. The molecular weight excluding hydrogens is 430 g/mol. The van der Waals surface area contributed by atoms with E-state index in [0.29, 0.717) is 15.9 Å². The van der Waals surface area contributed by atoms with Crippen LogP contribution in [0.25, 0.3) is 16.6 Å². The highest BCUT2D eigenvalue weighted by atomic mass is 35.5. The van der Waals surface area contributed by atoms with Gasteiger partial charge >= 0.3 is 0 Å². The van der Waals surface area contributed by atoms with Crippen LogP contribution in [0.1, 0.15) is 22.6 Å². The van der Waals surface area contributed by atoms with Crippen molar-refractivity contribution in [3.8, 4) is 5.69 Å². The van der Waals surface area contributed by atoms with Gasteiger partial charge in [0.25, 0.3) is 0 Å². The van der Waals surface area contributed by atoms with E-state index in [2.05, 4.69) is 34.6 Å². The molecule has 6 nitrogen and oxygen atoms in total. The number of anilines is 1. The Morgan fingerprint density at radius 1 is 1.06 bits per heavy atom. The second-order valence-electron chi connectivity index (χ2n) is 7.44. The zero-order chi connectivity index (χ0) is 22.1. The second kappa shape index (κ2) is 8.69. The zero-order valence-corrected chi connectivity index (χ0v) is 19.3. The summed E-state index contributed by atoms with van der Waals surface area (Å²) in [6.07, 6.45) is 0. The molecule has 0 saturated carbocycles. The maximum atomic E-state index is 12.5. The van der Waals surface area contributed by atoms with Gasteiger partial charge in [-0.1, -0.05) is 41.6 Å². The molecule has 2 aromatic heterocycles. The molecule has 1 amide bonds. The zero-order valence-electron chi connectivity index (χ0n) is 17.7. The van der Waals surface area contributed by atoms with E-state index < -0.39 is 0 Å². The molecule has 0 bridgehead atoms. The number of pyridine rings is 1. The monoisotopic (exact) mass is 451 g/mol. The highest BCUT2D eigenvalue weighted by Gasteiger charge is 2.17. The summed E-state index contributed by atoms with van der Waals surface area (Å²) in [4.78, 5) is 17.3. The molecule has 0 fully saturated rings. The van der Waals surface area contributed by atoms with Crippen molar-refractivity contribution < 1.29 is 4.79 Å². The summed E-state index contributed by atoms with van der Waals surface area (Å²) in [6, 6.07) is 13.7. The molecule has 4 rings (SSSR count). The van der Waals surface area contributed by atoms with Crippen LogP contribution in [-0.2, 0) is 4.79 Å². The first-order chi connectivity index (χ1) is 14.8. The van der Waals surface area contributed by atoms with Crippen LogP contribution in [0.15, 0.2) is 47.6 Å². The first-order valence-electron chi connectivity index (χ1n) is 9.81. The van der Waals surface area contributed by atoms with E-state index in [-0.39, 0.29) is 11.7 Å². The summed E-state index contributed by atoms with van der Waals surface area (Å²) in [5, 5.41) is 13.6. The van der Waals surface area contributed by atoms with Crippen LogP contribution in [0.5, 0.6) is 0 Å². The minimum atomic E-state index is -0.161. The summed E-state index contributed by atoms with van der Waals surface area (Å²) >= 11 is 7.55. The van der Waals surface area contributed by atoms with Gasteiger partial charge in [-0.2, -0.15) is 0 Å². The standard InChI is InChI=1S/C23H22ClN5OS/c1-13-5-9-19(18(24)11-13)26-21(30)12-31-23-28-27-16(4)29(23)20-10-6-14(2)17-8-7-15(3)25-22(17)20/h5-11H,12H2,1-4H3,(H,26,30). The summed E-state index contributed by atoms with van der Waals surface area (Å²) in [5.41, 5.74) is 5.51. The van der Waals surface area contributed by atoms with E-state index in [1.54, 1.807) is 6.07 Å². The molecule has 4 aromatic rings. The lowest BCUT2D eigenvalue weighted by atomic mass is 10.1. The van der Waals surface area contributed by atoms with E-state index >= 15 is 0 Å². The number of aromatic nitrogens is 4. The van der Waals surface area contributed by atoms with Crippen LogP contribution >= 0.6 is 23.4 Å². The SMILES string of the molecule is Cc1ccc(NC(=O)CSc2nnc(C)n2-c2ccc(C)c3ccc(C)nc23)c(Cl)c1. The van der Waals surface area contributed by atoms with Crippen molar-refractivity contribution in [1.82, 2.24) is 19.7 Å². The lowest BCUT2D eigenvalue weighted by molar-refractivity contribution is -0.113. The molecular formula is C23H22ClN5OS. The summed E-state index contributed by atoms with van der Waals surface area (Å²) in [7, 11) is 0. The number of carbonyl (C=O) groups excluding carboxylic acids is 1. The predicted molar refractivity (Wildman–Crippen MR) is 126 cm³/mol. The van der Waals surface area contributed by atoms with Crippen LogP contribution in [0, 0.1) is 27.7 Å². The fourth-order valence-electron chi connectivity index (χ4n) is 3.37. The van der Waals surface area contributed by atoms with Crippen molar-refractivity contribution in [2.24, 2.45) is 0 Å².